The maximum Gasteiger partial charge on any atom is 0.240 e. The monoisotopic (exact) mass is 239 g/mol. The fourth-order valence-corrected chi connectivity index (χ4v) is 2.20. The van der Waals surface area contributed by atoms with Crippen molar-refractivity contribution in [2.75, 3.05) is 19.7 Å². The van der Waals surface area contributed by atoms with Crippen molar-refractivity contribution >= 4 is 0 Å². The molecular formula is C12H21N3O2. The van der Waals surface area contributed by atoms with Crippen molar-refractivity contribution in [1.82, 2.24) is 15.0 Å². The summed E-state index contributed by atoms with van der Waals surface area (Å²) in [6.07, 6.45) is 2.25. The molecule has 5 nitrogen and oxygen atoms in total. The van der Waals surface area contributed by atoms with Crippen LogP contribution in [-0.4, -0.2) is 39.8 Å². The van der Waals surface area contributed by atoms with Gasteiger partial charge < -0.3 is 9.63 Å². The van der Waals surface area contributed by atoms with Gasteiger partial charge >= 0.3 is 0 Å². The highest BCUT2D eigenvalue weighted by Crippen LogP contribution is 2.18. The first-order valence-corrected chi connectivity index (χ1v) is 6.34. The van der Waals surface area contributed by atoms with Crippen molar-refractivity contribution in [1.29, 1.82) is 0 Å². The zero-order valence-corrected chi connectivity index (χ0v) is 10.6. The van der Waals surface area contributed by atoms with E-state index in [1.54, 1.807) is 0 Å². The Morgan fingerprint density at radius 1 is 1.53 bits per heavy atom. The van der Waals surface area contributed by atoms with Gasteiger partial charge in [0, 0.05) is 19.1 Å². The molecule has 0 radical (unpaired) electrons. The van der Waals surface area contributed by atoms with Crippen LogP contribution in [0, 0.1) is 5.92 Å². The van der Waals surface area contributed by atoms with Gasteiger partial charge in [-0.15, -0.1) is 0 Å². The lowest BCUT2D eigenvalue weighted by molar-refractivity contribution is 0.107. The summed E-state index contributed by atoms with van der Waals surface area (Å²) >= 11 is 0. The summed E-state index contributed by atoms with van der Waals surface area (Å²) in [5, 5.41) is 13.1. The Hall–Kier alpha value is -0.940. The van der Waals surface area contributed by atoms with Crippen LogP contribution in [0.5, 0.6) is 0 Å². The summed E-state index contributed by atoms with van der Waals surface area (Å²) in [5.41, 5.74) is 0. The van der Waals surface area contributed by atoms with E-state index in [-0.39, 0.29) is 6.61 Å². The lowest BCUT2D eigenvalue weighted by atomic mass is 9.99. The number of piperidine rings is 1. The average molecular weight is 239 g/mol. The molecule has 17 heavy (non-hydrogen) atoms. The molecule has 1 aliphatic heterocycles. The lowest BCUT2D eigenvalue weighted by Crippen LogP contribution is -2.36. The predicted molar refractivity (Wildman–Crippen MR) is 63.5 cm³/mol. The molecule has 0 aromatic carbocycles. The molecule has 0 saturated carbocycles. The molecule has 1 saturated heterocycles. The van der Waals surface area contributed by atoms with Crippen LogP contribution in [-0.2, 0) is 6.54 Å². The largest absolute Gasteiger partial charge is 0.396 e. The van der Waals surface area contributed by atoms with Crippen molar-refractivity contribution in [3.8, 4) is 0 Å². The van der Waals surface area contributed by atoms with Gasteiger partial charge in [0.05, 0.1) is 6.54 Å². The summed E-state index contributed by atoms with van der Waals surface area (Å²) in [5.74, 6) is 2.17. The number of likely N-dealkylation sites (tertiary alicyclic amines) is 1. The summed E-state index contributed by atoms with van der Waals surface area (Å²) in [6, 6.07) is 0. The molecule has 1 unspecified atom stereocenters. The quantitative estimate of drug-likeness (QED) is 0.860. The Morgan fingerprint density at radius 3 is 3.00 bits per heavy atom. The van der Waals surface area contributed by atoms with Gasteiger partial charge in [0.1, 0.15) is 0 Å². The van der Waals surface area contributed by atoms with Crippen molar-refractivity contribution in [3.63, 3.8) is 0 Å². The van der Waals surface area contributed by atoms with Gasteiger partial charge in [-0.05, 0) is 25.3 Å². The molecule has 0 amide bonds. The molecule has 1 fully saturated rings. The highest BCUT2D eigenvalue weighted by atomic mass is 16.5. The van der Waals surface area contributed by atoms with E-state index in [1.165, 1.54) is 0 Å². The number of hydrogen-bond acceptors (Lipinski definition) is 5. The molecule has 2 heterocycles. The van der Waals surface area contributed by atoms with E-state index < -0.39 is 0 Å². The van der Waals surface area contributed by atoms with E-state index >= 15 is 0 Å². The second-order valence-corrected chi connectivity index (χ2v) is 5.13. The highest BCUT2D eigenvalue weighted by Gasteiger charge is 2.21. The van der Waals surface area contributed by atoms with Gasteiger partial charge in [-0.2, -0.15) is 4.98 Å². The van der Waals surface area contributed by atoms with Crippen molar-refractivity contribution in [2.24, 2.45) is 5.92 Å². The van der Waals surface area contributed by atoms with Crippen LogP contribution in [0.3, 0.4) is 0 Å². The summed E-state index contributed by atoms with van der Waals surface area (Å²) in [4.78, 5) is 6.65. The van der Waals surface area contributed by atoms with Gasteiger partial charge in [0.15, 0.2) is 5.82 Å². The first-order valence-electron chi connectivity index (χ1n) is 6.34. The average Bonchev–Trinajstić information content (AvgIpc) is 2.78. The molecular weight excluding hydrogens is 218 g/mol. The summed E-state index contributed by atoms with van der Waals surface area (Å²) in [6.45, 7) is 7.06. The van der Waals surface area contributed by atoms with Crippen LogP contribution >= 0.6 is 0 Å². The van der Waals surface area contributed by atoms with E-state index in [9.17, 15) is 5.11 Å². The van der Waals surface area contributed by atoms with Gasteiger partial charge in [0.2, 0.25) is 5.89 Å². The third kappa shape index (κ3) is 3.26. The number of aliphatic hydroxyl groups excluding tert-OH is 1. The molecule has 2 rings (SSSR count). The first kappa shape index (κ1) is 12.5. The van der Waals surface area contributed by atoms with Crippen LogP contribution in [0.1, 0.15) is 44.3 Å². The van der Waals surface area contributed by atoms with Gasteiger partial charge in [-0.25, -0.2) is 0 Å². The SMILES string of the molecule is CC(C)c1noc(CN2CCCC(CO)C2)n1. The molecule has 1 aromatic rings. The molecule has 0 aliphatic carbocycles. The molecule has 0 spiro atoms. The predicted octanol–water partition coefficient (Wildman–Crippen LogP) is 1.40. The zero-order valence-electron chi connectivity index (χ0n) is 10.6. The number of hydrogen-bond donors (Lipinski definition) is 1. The third-order valence-electron chi connectivity index (χ3n) is 3.22. The Balaban J connectivity index is 1.91. The normalized spacial score (nSPS) is 22.2. The smallest absolute Gasteiger partial charge is 0.240 e. The summed E-state index contributed by atoms with van der Waals surface area (Å²) in [7, 11) is 0. The maximum absolute atomic E-state index is 9.17. The third-order valence-corrected chi connectivity index (χ3v) is 3.22. The van der Waals surface area contributed by atoms with Crippen LogP contribution in [0.2, 0.25) is 0 Å². The topological polar surface area (TPSA) is 62.4 Å². The first-order chi connectivity index (χ1) is 8.19. The zero-order chi connectivity index (χ0) is 12.3. The van der Waals surface area contributed by atoms with Crippen LogP contribution < -0.4 is 0 Å². The van der Waals surface area contributed by atoms with Crippen LogP contribution in [0.15, 0.2) is 4.52 Å². The molecule has 5 heteroatoms. The minimum Gasteiger partial charge on any atom is -0.396 e. The second kappa shape index (κ2) is 5.60. The fourth-order valence-electron chi connectivity index (χ4n) is 2.20. The van der Waals surface area contributed by atoms with E-state index in [0.717, 1.165) is 31.8 Å². The van der Waals surface area contributed by atoms with Crippen LogP contribution in [0.4, 0.5) is 0 Å². The molecule has 0 bridgehead atoms. The van der Waals surface area contributed by atoms with Crippen molar-refractivity contribution < 1.29 is 9.63 Å². The maximum atomic E-state index is 9.17. The lowest BCUT2D eigenvalue weighted by Gasteiger charge is -2.30. The minimum absolute atomic E-state index is 0.275. The number of aliphatic hydroxyl groups is 1. The molecule has 1 atom stereocenters. The Kier molecular flexibility index (Phi) is 4.12. The number of nitrogens with zero attached hydrogens (tertiary/aromatic N) is 3. The molecule has 1 aliphatic rings. The standard InChI is InChI=1S/C12H21N3O2/c1-9(2)12-13-11(17-14-12)7-15-5-3-4-10(6-15)8-16/h9-10,16H,3-8H2,1-2H3. The minimum atomic E-state index is 0.275. The Bertz CT molecular complexity index is 351. The Morgan fingerprint density at radius 2 is 2.35 bits per heavy atom. The molecule has 1 aromatic heterocycles. The second-order valence-electron chi connectivity index (χ2n) is 5.13. The number of aromatic nitrogens is 2. The van der Waals surface area contributed by atoms with E-state index in [1.807, 2.05) is 0 Å². The van der Waals surface area contributed by atoms with Crippen LogP contribution in [0.25, 0.3) is 0 Å². The molecule has 1 N–H and O–H groups in total. The van der Waals surface area contributed by atoms with Gasteiger partial charge in [-0.3, -0.25) is 4.90 Å². The Labute approximate surface area is 102 Å². The molecule has 96 valence electrons. The van der Waals surface area contributed by atoms with Crippen molar-refractivity contribution in [3.05, 3.63) is 11.7 Å². The number of rotatable bonds is 4. The van der Waals surface area contributed by atoms with Crippen molar-refractivity contribution in [2.45, 2.75) is 39.2 Å². The van der Waals surface area contributed by atoms with E-state index in [4.69, 9.17) is 4.52 Å². The van der Waals surface area contributed by atoms with E-state index in [0.29, 0.717) is 24.3 Å². The van der Waals surface area contributed by atoms with Gasteiger partial charge in [-0.1, -0.05) is 19.0 Å². The van der Waals surface area contributed by atoms with Gasteiger partial charge in [0.25, 0.3) is 0 Å². The fraction of sp³-hybridized carbons (Fsp3) is 0.833. The van der Waals surface area contributed by atoms with E-state index in [2.05, 4.69) is 28.9 Å². The highest BCUT2D eigenvalue weighted by molar-refractivity contribution is 4.92. The summed E-state index contributed by atoms with van der Waals surface area (Å²) < 4.78 is 5.23.